The van der Waals surface area contributed by atoms with Gasteiger partial charge in [-0.25, -0.2) is 4.68 Å². The first-order valence-corrected chi connectivity index (χ1v) is 7.35. The molecule has 2 aromatic heterocycles. The van der Waals surface area contributed by atoms with Crippen LogP contribution >= 0.6 is 11.3 Å². The highest BCUT2D eigenvalue weighted by atomic mass is 32.1. The molecule has 0 aliphatic heterocycles. The zero-order chi connectivity index (χ0) is 16.4. The van der Waals surface area contributed by atoms with Gasteiger partial charge in [0.1, 0.15) is 5.01 Å². The normalized spacial score (nSPS) is 12.9. The van der Waals surface area contributed by atoms with Crippen molar-refractivity contribution in [3.05, 3.63) is 22.5 Å². The lowest BCUT2D eigenvalue weighted by Crippen LogP contribution is -2.32. The first-order valence-electron chi connectivity index (χ1n) is 6.53. The second kappa shape index (κ2) is 6.34. The molecule has 0 saturated heterocycles. The van der Waals surface area contributed by atoms with Crippen molar-refractivity contribution in [1.29, 1.82) is 0 Å². The number of hydrogen-bond donors (Lipinski definition) is 2. The standard InChI is InChI=1S/C12H16F2N6OS/c1-5(2)8(10-17-18-12(15)22-10)16-9(21)7-4-6(3)20(19-7)11(13)14/h4-5,8,11H,1-3H3,(H2,15,18)(H,16,21). The van der Waals surface area contributed by atoms with E-state index >= 15 is 0 Å². The van der Waals surface area contributed by atoms with Gasteiger partial charge in [0, 0.05) is 5.69 Å². The molecule has 0 radical (unpaired) electrons. The number of amides is 1. The number of nitrogens with one attached hydrogen (secondary N) is 1. The van der Waals surface area contributed by atoms with E-state index in [9.17, 15) is 13.6 Å². The average Bonchev–Trinajstić information content (AvgIpc) is 3.01. The number of nitrogens with two attached hydrogens (primary N) is 1. The van der Waals surface area contributed by atoms with Gasteiger partial charge in [-0.2, -0.15) is 13.9 Å². The van der Waals surface area contributed by atoms with E-state index < -0.39 is 18.5 Å². The molecule has 0 aliphatic rings. The number of aromatic nitrogens is 4. The van der Waals surface area contributed by atoms with Crippen LogP contribution in [0, 0.1) is 12.8 Å². The molecular formula is C12H16F2N6OS. The monoisotopic (exact) mass is 330 g/mol. The predicted octanol–water partition coefficient (Wildman–Crippen LogP) is 2.15. The van der Waals surface area contributed by atoms with Gasteiger partial charge < -0.3 is 11.1 Å². The van der Waals surface area contributed by atoms with Crippen LogP contribution in [0.5, 0.6) is 0 Å². The Balaban J connectivity index is 2.20. The van der Waals surface area contributed by atoms with Crippen molar-refractivity contribution in [2.75, 3.05) is 5.73 Å². The molecule has 120 valence electrons. The molecule has 1 atom stereocenters. The topological polar surface area (TPSA) is 98.7 Å². The molecule has 0 aliphatic carbocycles. The van der Waals surface area contributed by atoms with Gasteiger partial charge in [-0.3, -0.25) is 4.79 Å². The van der Waals surface area contributed by atoms with Crippen LogP contribution in [0.2, 0.25) is 0 Å². The summed E-state index contributed by atoms with van der Waals surface area (Å²) >= 11 is 1.17. The molecule has 22 heavy (non-hydrogen) atoms. The zero-order valence-corrected chi connectivity index (χ0v) is 13.1. The Hall–Kier alpha value is -2.10. The Labute approximate surface area is 129 Å². The number of hydrogen-bond acceptors (Lipinski definition) is 6. The van der Waals surface area contributed by atoms with E-state index in [0.29, 0.717) is 14.8 Å². The Bertz CT molecular complexity index is 668. The van der Waals surface area contributed by atoms with E-state index in [-0.39, 0.29) is 17.3 Å². The maximum Gasteiger partial charge on any atom is 0.333 e. The summed E-state index contributed by atoms with van der Waals surface area (Å²) in [5.41, 5.74) is 5.69. The van der Waals surface area contributed by atoms with Crippen molar-refractivity contribution in [3.63, 3.8) is 0 Å². The predicted molar refractivity (Wildman–Crippen MR) is 77.6 cm³/mol. The molecular weight excluding hydrogens is 314 g/mol. The van der Waals surface area contributed by atoms with Gasteiger partial charge in [-0.05, 0) is 18.9 Å². The summed E-state index contributed by atoms with van der Waals surface area (Å²) < 4.78 is 25.9. The fourth-order valence-electron chi connectivity index (χ4n) is 1.90. The molecule has 0 bridgehead atoms. The van der Waals surface area contributed by atoms with E-state index in [1.807, 2.05) is 13.8 Å². The first kappa shape index (κ1) is 16.3. The van der Waals surface area contributed by atoms with E-state index in [1.165, 1.54) is 24.3 Å². The third kappa shape index (κ3) is 3.38. The molecule has 1 amide bonds. The average molecular weight is 330 g/mol. The third-order valence-electron chi connectivity index (χ3n) is 3.02. The van der Waals surface area contributed by atoms with Crippen LogP contribution in [-0.2, 0) is 0 Å². The van der Waals surface area contributed by atoms with Crippen LogP contribution in [0.1, 0.15) is 47.6 Å². The summed E-state index contributed by atoms with van der Waals surface area (Å²) in [5, 5.41) is 14.8. The third-order valence-corrected chi connectivity index (χ3v) is 3.85. The number of halogens is 2. The second-order valence-corrected chi connectivity index (χ2v) is 6.11. The van der Waals surface area contributed by atoms with Gasteiger partial charge in [0.2, 0.25) is 5.13 Å². The number of carbonyl (C=O) groups is 1. The molecule has 0 fully saturated rings. The van der Waals surface area contributed by atoms with Gasteiger partial charge >= 0.3 is 6.55 Å². The fraction of sp³-hybridized carbons (Fsp3) is 0.500. The van der Waals surface area contributed by atoms with E-state index in [2.05, 4.69) is 20.6 Å². The summed E-state index contributed by atoms with van der Waals surface area (Å²) in [6.07, 6.45) is 0. The minimum Gasteiger partial charge on any atom is -0.374 e. The highest BCUT2D eigenvalue weighted by Gasteiger charge is 2.25. The largest absolute Gasteiger partial charge is 0.374 e. The SMILES string of the molecule is Cc1cc(C(=O)NC(c2nnc(N)s2)C(C)C)nn1C(F)F. The minimum absolute atomic E-state index is 0.0228. The van der Waals surface area contributed by atoms with Crippen molar-refractivity contribution >= 4 is 22.4 Å². The lowest BCUT2D eigenvalue weighted by atomic mass is 10.1. The van der Waals surface area contributed by atoms with E-state index in [0.717, 1.165) is 0 Å². The lowest BCUT2D eigenvalue weighted by molar-refractivity contribution is 0.0538. The maximum absolute atomic E-state index is 12.7. The molecule has 0 spiro atoms. The summed E-state index contributed by atoms with van der Waals surface area (Å²) in [6, 6.07) is 0.896. The summed E-state index contributed by atoms with van der Waals surface area (Å²) in [5.74, 6) is -0.524. The van der Waals surface area contributed by atoms with Crippen molar-refractivity contribution in [3.8, 4) is 0 Å². The number of alkyl halides is 2. The lowest BCUT2D eigenvalue weighted by Gasteiger charge is -2.18. The number of anilines is 1. The van der Waals surface area contributed by atoms with Gasteiger partial charge in [-0.1, -0.05) is 25.2 Å². The van der Waals surface area contributed by atoms with Gasteiger partial charge in [0.15, 0.2) is 5.69 Å². The van der Waals surface area contributed by atoms with Crippen molar-refractivity contribution in [2.24, 2.45) is 5.92 Å². The Morgan fingerprint density at radius 3 is 2.55 bits per heavy atom. The van der Waals surface area contributed by atoms with Gasteiger partial charge in [0.05, 0.1) is 6.04 Å². The highest BCUT2D eigenvalue weighted by molar-refractivity contribution is 7.15. The van der Waals surface area contributed by atoms with Crippen LogP contribution in [0.15, 0.2) is 6.07 Å². The Morgan fingerprint density at radius 1 is 1.41 bits per heavy atom. The zero-order valence-electron chi connectivity index (χ0n) is 12.2. The molecule has 2 aromatic rings. The molecule has 2 rings (SSSR count). The molecule has 3 N–H and O–H groups in total. The van der Waals surface area contributed by atoms with E-state index in [1.54, 1.807) is 0 Å². The maximum atomic E-state index is 12.7. The number of carbonyl (C=O) groups excluding carboxylic acids is 1. The Morgan fingerprint density at radius 2 is 2.09 bits per heavy atom. The molecule has 0 aromatic carbocycles. The smallest absolute Gasteiger partial charge is 0.333 e. The second-order valence-electron chi connectivity index (χ2n) is 5.07. The summed E-state index contributed by atoms with van der Waals surface area (Å²) in [4.78, 5) is 12.2. The minimum atomic E-state index is -2.79. The van der Waals surface area contributed by atoms with Crippen LogP contribution in [0.3, 0.4) is 0 Å². The van der Waals surface area contributed by atoms with Crippen LogP contribution in [0.25, 0.3) is 0 Å². The molecule has 2 heterocycles. The number of nitrogen functional groups attached to an aromatic ring is 1. The van der Waals surface area contributed by atoms with Gasteiger partial charge in [0.25, 0.3) is 5.91 Å². The summed E-state index contributed by atoms with van der Waals surface area (Å²) in [6.45, 7) is 2.46. The number of aryl methyl sites for hydroxylation is 1. The van der Waals surface area contributed by atoms with E-state index in [4.69, 9.17) is 5.73 Å². The van der Waals surface area contributed by atoms with Gasteiger partial charge in [-0.15, -0.1) is 10.2 Å². The number of nitrogens with zero attached hydrogens (tertiary/aromatic N) is 4. The van der Waals surface area contributed by atoms with Crippen molar-refractivity contribution < 1.29 is 13.6 Å². The van der Waals surface area contributed by atoms with Crippen molar-refractivity contribution in [1.82, 2.24) is 25.3 Å². The van der Waals surface area contributed by atoms with Crippen LogP contribution in [-0.4, -0.2) is 25.9 Å². The fourth-order valence-corrected chi connectivity index (χ4v) is 2.73. The molecule has 10 heteroatoms. The first-order chi connectivity index (χ1) is 10.3. The molecule has 7 nitrogen and oxygen atoms in total. The number of rotatable bonds is 5. The van der Waals surface area contributed by atoms with Crippen LogP contribution in [0.4, 0.5) is 13.9 Å². The highest BCUT2D eigenvalue weighted by Crippen LogP contribution is 2.26. The Kier molecular flexibility index (Phi) is 4.69. The summed E-state index contributed by atoms with van der Waals surface area (Å²) in [7, 11) is 0. The van der Waals surface area contributed by atoms with Crippen LogP contribution < -0.4 is 11.1 Å². The van der Waals surface area contributed by atoms with Crippen molar-refractivity contribution in [2.45, 2.75) is 33.4 Å². The quantitative estimate of drug-likeness (QED) is 0.875. The molecule has 1 unspecified atom stereocenters. The molecule has 0 saturated carbocycles.